The molecule has 0 unspecified atom stereocenters. The third kappa shape index (κ3) is 4.31. The molecule has 7 heteroatoms. The number of anilines is 1. The zero-order valence-corrected chi connectivity index (χ0v) is 16.5. The number of sulfonamides is 1. The average molecular weight is 388 g/mol. The molecule has 1 amide bonds. The first kappa shape index (κ1) is 19.4. The second-order valence-corrected chi connectivity index (χ2v) is 8.63. The van der Waals surface area contributed by atoms with E-state index in [1.54, 1.807) is 43.2 Å². The molecule has 0 bridgehead atoms. The molecule has 1 heterocycles. The van der Waals surface area contributed by atoms with Crippen LogP contribution in [0.25, 0.3) is 0 Å². The summed E-state index contributed by atoms with van der Waals surface area (Å²) < 4.78 is 33.1. The minimum atomic E-state index is -3.61. The quantitative estimate of drug-likeness (QED) is 0.825. The van der Waals surface area contributed by atoms with Crippen molar-refractivity contribution in [1.82, 2.24) is 4.72 Å². The fourth-order valence-electron chi connectivity index (χ4n) is 3.23. The zero-order chi connectivity index (χ0) is 19.6. The van der Waals surface area contributed by atoms with E-state index in [0.29, 0.717) is 23.4 Å². The van der Waals surface area contributed by atoms with Crippen molar-refractivity contribution in [2.24, 2.45) is 5.92 Å². The predicted molar refractivity (Wildman–Crippen MR) is 105 cm³/mol. The summed E-state index contributed by atoms with van der Waals surface area (Å²) in [6.45, 7) is 4.36. The maximum Gasteiger partial charge on any atom is 0.240 e. The van der Waals surface area contributed by atoms with Crippen LogP contribution < -0.4 is 14.4 Å². The predicted octanol–water partition coefficient (Wildman–Crippen LogP) is 2.64. The van der Waals surface area contributed by atoms with Gasteiger partial charge in [0, 0.05) is 25.2 Å². The maximum absolute atomic E-state index is 12.6. The first-order valence-electron chi connectivity index (χ1n) is 8.81. The number of hydrogen-bond donors (Lipinski definition) is 1. The summed E-state index contributed by atoms with van der Waals surface area (Å²) in [5, 5.41) is 0. The van der Waals surface area contributed by atoms with Crippen LogP contribution in [-0.2, 0) is 14.8 Å². The lowest BCUT2D eigenvalue weighted by molar-refractivity contribution is -0.117. The number of nitrogens with one attached hydrogen (secondary N) is 1. The Morgan fingerprint density at radius 2 is 1.85 bits per heavy atom. The smallest absolute Gasteiger partial charge is 0.240 e. The molecule has 0 aliphatic carbocycles. The number of rotatable bonds is 6. The Kier molecular flexibility index (Phi) is 5.53. The van der Waals surface area contributed by atoms with E-state index in [4.69, 9.17) is 4.74 Å². The molecule has 27 heavy (non-hydrogen) atoms. The van der Waals surface area contributed by atoms with Crippen molar-refractivity contribution >= 4 is 21.6 Å². The lowest BCUT2D eigenvalue weighted by Gasteiger charge is -2.17. The van der Waals surface area contributed by atoms with Gasteiger partial charge in [0.25, 0.3) is 0 Å². The highest BCUT2D eigenvalue weighted by Crippen LogP contribution is 2.27. The van der Waals surface area contributed by atoms with Gasteiger partial charge in [0.1, 0.15) is 5.75 Å². The van der Waals surface area contributed by atoms with Crippen LogP contribution in [0.3, 0.4) is 0 Å². The van der Waals surface area contributed by atoms with Gasteiger partial charge in [0.15, 0.2) is 0 Å². The molecule has 0 radical (unpaired) electrons. The van der Waals surface area contributed by atoms with Gasteiger partial charge >= 0.3 is 0 Å². The maximum atomic E-state index is 12.6. The van der Waals surface area contributed by atoms with Gasteiger partial charge in [-0.3, -0.25) is 4.79 Å². The molecule has 1 aliphatic heterocycles. The zero-order valence-electron chi connectivity index (χ0n) is 15.7. The second kappa shape index (κ2) is 7.70. The standard InChI is InChI=1S/C20H24N2O4S/c1-14-4-5-15(2)19(10-14)27(24,25)21-12-16-11-20(23)22(13-16)17-6-8-18(26-3)9-7-17/h4-10,16,21H,11-13H2,1-3H3/t16-/m1/s1. The number of amides is 1. The molecule has 0 saturated carbocycles. The van der Waals surface area contributed by atoms with Gasteiger partial charge in [-0.15, -0.1) is 0 Å². The molecule has 3 rings (SSSR count). The molecule has 1 saturated heterocycles. The van der Waals surface area contributed by atoms with E-state index in [-0.39, 0.29) is 18.4 Å². The molecule has 144 valence electrons. The van der Waals surface area contributed by atoms with Crippen molar-refractivity contribution in [3.05, 3.63) is 53.6 Å². The molecular weight excluding hydrogens is 364 g/mol. The van der Waals surface area contributed by atoms with Crippen LogP contribution in [0.1, 0.15) is 17.5 Å². The van der Waals surface area contributed by atoms with Crippen LogP contribution in [0.4, 0.5) is 5.69 Å². The number of aryl methyl sites for hydroxylation is 2. The van der Waals surface area contributed by atoms with Crippen LogP contribution in [0.15, 0.2) is 47.4 Å². The van der Waals surface area contributed by atoms with Gasteiger partial charge in [-0.2, -0.15) is 0 Å². The molecule has 1 fully saturated rings. The molecule has 1 atom stereocenters. The van der Waals surface area contributed by atoms with Crippen molar-refractivity contribution in [3.63, 3.8) is 0 Å². The summed E-state index contributed by atoms with van der Waals surface area (Å²) >= 11 is 0. The van der Waals surface area contributed by atoms with Gasteiger partial charge in [0.2, 0.25) is 15.9 Å². The minimum absolute atomic E-state index is 0.00361. The number of hydrogen-bond acceptors (Lipinski definition) is 4. The summed E-state index contributed by atoms with van der Waals surface area (Å²) in [7, 11) is -2.01. The van der Waals surface area contributed by atoms with Crippen LogP contribution in [0.2, 0.25) is 0 Å². The molecule has 0 spiro atoms. The van der Waals surface area contributed by atoms with Crippen molar-refractivity contribution in [2.45, 2.75) is 25.2 Å². The van der Waals surface area contributed by atoms with E-state index < -0.39 is 10.0 Å². The monoisotopic (exact) mass is 388 g/mol. The normalized spacial score (nSPS) is 17.4. The SMILES string of the molecule is COc1ccc(N2C[C@@H](CNS(=O)(=O)c3cc(C)ccc3C)CC2=O)cc1. The number of carbonyl (C=O) groups is 1. The topological polar surface area (TPSA) is 75.7 Å². The largest absolute Gasteiger partial charge is 0.497 e. The highest BCUT2D eigenvalue weighted by molar-refractivity contribution is 7.89. The van der Waals surface area contributed by atoms with E-state index in [9.17, 15) is 13.2 Å². The van der Waals surface area contributed by atoms with Gasteiger partial charge in [-0.1, -0.05) is 12.1 Å². The molecule has 0 aromatic heterocycles. The summed E-state index contributed by atoms with van der Waals surface area (Å²) in [4.78, 5) is 14.3. The third-order valence-electron chi connectivity index (χ3n) is 4.78. The van der Waals surface area contributed by atoms with Crippen LogP contribution in [0.5, 0.6) is 5.75 Å². The minimum Gasteiger partial charge on any atom is -0.497 e. The van der Waals surface area contributed by atoms with Crippen molar-refractivity contribution in [2.75, 3.05) is 25.1 Å². The second-order valence-electron chi connectivity index (χ2n) is 6.89. The molecule has 1 aliphatic rings. The fourth-order valence-corrected chi connectivity index (χ4v) is 4.68. The summed E-state index contributed by atoms with van der Waals surface area (Å²) in [6, 6.07) is 12.6. The summed E-state index contributed by atoms with van der Waals surface area (Å²) in [6.07, 6.45) is 0.321. The van der Waals surface area contributed by atoms with Gasteiger partial charge < -0.3 is 9.64 Å². The number of methoxy groups -OCH3 is 1. The number of nitrogens with zero attached hydrogens (tertiary/aromatic N) is 1. The van der Waals surface area contributed by atoms with Crippen LogP contribution >= 0.6 is 0 Å². The van der Waals surface area contributed by atoms with E-state index in [1.807, 2.05) is 25.1 Å². The van der Waals surface area contributed by atoms with E-state index in [0.717, 1.165) is 17.0 Å². The Labute approximate surface area is 160 Å². The number of benzene rings is 2. The average Bonchev–Trinajstić information content (AvgIpc) is 3.03. The first-order valence-corrected chi connectivity index (χ1v) is 10.3. The number of ether oxygens (including phenoxy) is 1. The highest BCUT2D eigenvalue weighted by Gasteiger charge is 2.31. The first-order chi connectivity index (χ1) is 12.8. The highest BCUT2D eigenvalue weighted by atomic mass is 32.2. The van der Waals surface area contributed by atoms with Gasteiger partial charge in [-0.25, -0.2) is 13.1 Å². The molecule has 1 N–H and O–H groups in total. The Morgan fingerprint density at radius 3 is 2.52 bits per heavy atom. The van der Waals surface area contributed by atoms with Crippen molar-refractivity contribution < 1.29 is 17.9 Å². The van der Waals surface area contributed by atoms with E-state index in [1.165, 1.54) is 0 Å². The fraction of sp³-hybridized carbons (Fsp3) is 0.350. The van der Waals surface area contributed by atoms with Crippen molar-refractivity contribution in [3.8, 4) is 5.75 Å². The van der Waals surface area contributed by atoms with Crippen LogP contribution in [0, 0.1) is 19.8 Å². The van der Waals surface area contributed by atoms with Crippen molar-refractivity contribution in [1.29, 1.82) is 0 Å². The molecule has 2 aromatic carbocycles. The Balaban J connectivity index is 1.66. The summed E-state index contributed by atoms with van der Waals surface area (Å²) in [5.41, 5.74) is 2.39. The summed E-state index contributed by atoms with van der Waals surface area (Å²) in [5.74, 6) is 0.652. The van der Waals surface area contributed by atoms with E-state index in [2.05, 4.69) is 4.72 Å². The third-order valence-corrected chi connectivity index (χ3v) is 6.35. The Bertz CT molecular complexity index is 939. The molecular formula is C20H24N2O4S. The molecule has 2 aromatic rings. The number of carbonyl (C=O) groups excluding carboxylic acids is 1. The van der Waals surface area contributed by atoms with Gasteiger partial charge in [0.05, 0.1) is 12.0 Å². The Hall–Kier alpha value is -2.38. The Morgan fingerprint density at radius 1 is 1.15 bits per heavy atom. The molecule has 6 nitrogen and oxygen atoms in total. The van der Waals surface area contributed by atoms with E-state index >= 15 is 0 Å². The lowest BCUT2D eigenvalue weighted by Crippen LogP contribution is -2.31. The lowest BCUT2D eigenvalue weighted by atomic mass is 10.1. The van der Waals surface area contributed by atoms with Gasteiger partial charge in [-0.05, 0) is 61.2 Å². The van der Waals surface area contributed by atoms with Crippen LogP contribution in [-0.4, -0.2) is 34.5 Å².